The number of allylic oxidation sites excluding steroid dienone is 2. The molecule has 2 heterocycles. The molecule has 1 atom stereocenters. The summed E-state index contributed by atoms with van der Waals surface area (Å²) in [5.74, 6) is -0.121. The zero-order valence-corrected chi connectivity index (χ0v) is 14.1. The average Bonchev–Trinajstić information content (AvgIpc) is 3.46. The third-order valence-electron chi connectivity index (χ3n) is 4.24. The minimum absolute atomic E-state index is 0.0579. The number of ether oxygens (including phenoxy) is 1. The molecule has 2 fully saturated rings. The number of carbonyl (C=O) groups is 1. The van der Waals surface area contributed by atoms with Gasteiger partial charge >= 0.3 is 0 Å². The summed E-state index contributed by atoms with van der Waals surface area (Å²) in [6.45, 7) is 2.25. The number of morpholine rings is 1. The highest BCUT2D eigenvalue weighted by molar-refractivity contribution is 6.59. The van der Waals surface area contributed by atoms with Crippen LogP contribution in [0.4, 0.5) is 0 Å². The van der Waals surface area contributed by atoms with E-state index in [9.17, 15) is 4.79 Å². The highest BCUT2D eigenvalue weighted by atomic mass is 35.5. The van der Waals surface area contributed by atoms with Gasteiger partial charge < -0.3 is 15.8 Å². The molecule has 7 heteroatoms. The molecule has 1 saturated heterocycles. The Kier molecular flexibility index (Phi) is 5.28. The minimum Gasteiger partial charge on any atom is -0.401 e. The first-order valence-corrected chi connectivity index (χ1v) is 8.48. The lowest BCUT2D eigenvalue weighted by molar-refractivity contribution is -0.112. The largest absolute Gasteiger partial charge is 0.401 e. The van der Waals surface area contributed by atoms with E-state index in [0.29, 0.717) is 12.3 Å². The lowest BCUT2D eigenvalue weighted by Crippen LogP contribution is -2.33. The fourth-order valence-corrected chi connectivity index (χ4v) is 2.86. The average molecular weight is 349 g/mol. The molecule has 1 saturated carbocycles. The highest BCUT2D eigenvalue weighted by Crippen LogP contribution is 2.36. The van der Waals surface area contributed by atoms with Crippen molar-refractivity contribution in [1.29, 1.82) is 5.41 Å². The van der Waals surface area contributed by atoms with Gasteiger partial charge in [0.2, 0.25) is 0 Å². The monoisotopic (exact) mass is 348 g/mol. The molecule has 4 N–H and O–H groups in total. The summed E-state index contributed by atoms with van der Waals surface area (Å²) in [4.78, 5) is 16.6. The van der Waals surface area contributed by atoms with E-state index in [4.69, 9.17) is 27.5 Å². The minimum atomic E-state index is -0.353. The van der Waals surface area contributed by atoms with Gasteiger partial charge in [-0.25, -0.2) is 0 Å². The molecule has 0 bridgehead atoms. The number of nitrogens with one attached hydrogen (secondary N) is 2. The fraction of sp³-hybridized carbons (Fsp3) is 0.471. The Hall–Kier alpha value is -1.76. The molecule has 128 valence electrons. The number of ketones is 1. The molecule has 2 aliphatic rings. The normalized spacial score (nSPS) is 22.0. The zero-order chi connectivity index (χ0) is 17.1. The molecule has 1 aromatic rings. The number of nitrogens with two attached hydrogens (primary N) is 1. The molecule has 3 rings (SSSR count). The van der Waals surface area contributed by atoms with Gasteiger partial charge in [0, 0.05) is 37.3 Å². The number of rotatable bonds is 6. The van der Waals surface area contributed by atoms with Crippen molar-refractivity contribution in [2.24, 2.45) is 11.7 Å². The van der Waals surface area contributed by atoms with Crippen LogP contribution in [-0.4, -0.2) is 36.2 Å². The Morgan fingerprint density at radius 1 is 1.46 bits per heavy atom. The Morgan fingerprint density at radius 3 is 2.83 bits per heavy atom. The molecule has 0 radical (unpaired) electrons. The maximum Gasteiger partial charge on any atom is 0.186 e. The van der Waals surface area contributed by atoms with Crippen LogP contribution in [0.2, 0.25) is 0 Å². The van der Waals surface area contributed by atoms with Crippen LogP contribution in [0.1, 0.15) is 30.2 Å². The van der Waals surface area contributed by atoms with Crippen LogP contribution in [0.15, 0.2) is 29.1 Å². The van der Waals surface area contributed by atoms with Gasteiger partial charge in [0.25, 0.3) is 0 Å². The molecule has 1 aliphatic heterocycles. The maximum atomic E-state index is 12.2. The molecule has 0 aromatic carbocycles. The van der Waals surface area contributed by atoms with Crippen molar-refractivity contribution in [2.45, 2.75) is 25.4 Å². The van der Waals surface area contributed by atoms with Gasteiger partial charge in [0.15, 0.2) is 5.78 Å². The number of pyridine rings is 1. The molecule has 6 nitrogen and oxygen atoms in total. The summed E-state index contributed by atoms with van der Waals surface area (Å²) in [6.07, 6.45) is 3.64. The second-order valence-electron chi connectivity index (χ2n) is 6.17. The van der Waals surface area contributed by atoms with Crippen LogP contribution < -0.4 is 11.1 Å². The summed E-state index contributed by atoms with van der Waals surface area (Å²) in [6, 6.07) is 3.70. The fourth-order valence-electron chi connectivity index (χ4n) is 2.60. The Bertz CT molecular complexity index is 662. The van der Waals surface area contributed by atoms with E-state index >= 15 is 0 Å². The SMILES string of the molecule is N=C(C(=O)Cc1ccc([C@@H]2CNCCO2)nc1)C(Cl)=C(N)C1CC1. The van der Waals surface area contributed by atoms with Crippen LogP contribution in [-0.2, 0) is 16.0 Å². The molecule has 24 heavy (non-hydrogen) atoms. The zero-order valence-electron chi connectivity index (χ0n) is 13.3. The predicted octanol–water partition coefficient (Wildman–Crippen LogP) is 1.69. The Balaban J connectivity index is 1.61. The lowest BCUT2D eigenvalue weighted by atomic mass is 10.0. The molecule has 1 aliphatic carbocycles. The van der Waals surface area contributed by atoms with Crippen molar-refractivity contribution in [2.75, 3.05) is 19.7 Å². The first-order chi connectivity index (χ1) is 11.6. The standard InChI is InChI=1S/C17H21ClN4O2/c18-15(16(19)11-2-3-11)17(20)13(23)7-10-1-4-12(22-8-10)14-9-21-5-6-24-14/h1,4,8,11,14,20-21H,2-3,5-7,9,19H2/t14-/m0/s1. The number of hydrogen-bond donors (Lipinski definition) is 3. The number of Topliss-reactive ketones (excluding diaryl/α,β-unsaturated/α-hetero) is 1. The van der Waals surface area contributed by atoms with Crippen molar-refractivity contribution in [3.8, 4) is 0 Å². The summed E-state index contributed by atoms with van der Waals surface area (Å²) < 4.78 is 5.65. The van der Waals surface area contributed by atoms with Crippen LogP contribution >= 0.6 is 11.6 Å². The number of halogens is 1. The Morgan fingerprint density at radius 2 is 2.25 bits per heavy atom. The first-order valence-electron chi connectivity index (χ1n) is 8.10. The van der Waals surface area contributed by atoms with E-state index in [-0.39, 0.29) is 35.0 Å². The molecule has 1 aromatic heterocycles. The summed E-state index contributed by atoms with van der Waals surface area (Å²) >= 11 is 6.07. The van der Waals surface area contributed by atoms with Gasteiger partial charge in [0.1, 0.15) is 11.8 Å². The van der Waals surface area contributed by atoms with E-state index in [0.717, 1.165) is 37.2 Å². The molecular formula is C17H21ClN4O2. The molecule has 0 spiro atoms. The molecule has 0 amide bonds. The molecule has 0 unspecified atom stereocenters. The van der Waals surface area contributed by atoms with E-state index in [1.54, 1.807) is 6.20 Å². The summed E-state index contributed by atoms with van der Waals surface area (Å²) in [7, 11) is 0. The van der Waals surface area contributed by atoms with Gasteiger partial charge in [-0.05, 0) is 24.5 Å². The van der Waals surface area contributed by atoms with Crippen molar-refractivity contribution in [3.05, 3.63) is 40.3 Å². The topological polar surface area (TPSA) is 101 Å². The van der Waals surface area contributed by atoms with Gasteiger partial charge in [-0.3, -0.25) is 15.2 Å². The second-order valence-corrected chi connectivity index (χ2v) is 6.55. The van der Waals surface area contributed by atoms with E-state index in [2.05, 4.69) is 10.3 Å². The van der Waals surface area contributed by atoms with Gasteiger partial charge in [0.05, 0.1) is 17.3 Å². The van der Waals surface area contributed by atoms with Crippen molar-refractivity contribution in [3.63, 3.8) is 0 Å². The number of aromatic nitrogens is 1. The first kappa shape index (κ1) is 17.1. The van der Waals surface area contributed by atoms with Crippen LogP contribution in [0.5, 0.6) is 0 Å². The number of carbonyl (C=O) groups excluding carboxylic acids is 1. The number of hydrogen-bond acceptors (Lipinski definition) is 6. The van der Waals surface area contributed by atoms with Crippen LogP contribution in [0.3, 0.4) is 0 Å². The Labute approximate surface area is 145 Å². The van der Waals surface area contributed by atoms with Crippen molar-refractivity contribution < 1.29 is 9.53 Å². The lowest BCUT2D eigenvalue weighted by Gasteiger charge is -2.23. The van der Waals surface area contributed by atoms with Gasteiger partial charge in [-0.1, -0.05) is 17.7 Å². The van der Waals surface area contributed by atoms with Crippen molar-refractivity contribution in [1.82, 2.24) is 10.3 Å². The second kappa shape index (κ2) is 7.42. The summed E-state index contributed by atoms with van der Waals surface area (Å²) in [5, 5.41) is 11.3. The van der Waals surface area contributed by atoms with Gasteiger partial charge in [-0.2, -0.15) is 0 Å². The van der Waals surface area contributed by atoms with Crippen LogP contribution in [0, 0.1) is 11.3 Å². The van der Waals surface area contributed by atoms with Gasteiger partial charge in [-0.15, -0.1) is 0 Å². The predicted molar refractivity (Wildman–Crippen MR) is 92.0 cm³/mol. The third-order valence-corrected chi connectivity index (χ3v) is 4.65. The highest BCUT2D eigenvalue weighted by Gasteiger charge is 2.28. The quantitative estimate of drug-likeness (QED) is 0.679. The summed E-state index contributed by atoms with van der Waals surface area (Å²) in [5.41, 5.74) is 7.70. The van der Waals surface area contributed by atoms with Crippen LogP contribution in [0.25, 0.3) is 0 Å². The third kappa shape index (κ3) is 4.01. The van der Waals surface area contributed by atoms with E-state index in [1.165, 1.54) is 0 Å². The van der Waals surface area contributed by atoms with Crippen molar-refractivity contribution >= 4 is 23.1 Å². The van der Waals surface area contributed by atoms with E-state index < -0.39 is 0 Å². The number of nitrogens with zero attached hydrogens (tertiary/aromatic N) is 1. The smallest absolute Gasteiger partial charge is 0.186 e. The maximum absolute atomic E-state index is 12.2. The van der Waals surface area contributed by atoms with E-state index in [1.807, 2.05) is 12.1 Å². The molecular weight excluding hydrogens is 328 g/mol.